The number of benzene rings is 1. The van der Waals surface area contributed by atoms with Gasteiger partial charge in [0.25, 0.3) is 11.8 Å². The van der Waals surface area contributed by atoms with E-state index < -0.39 is 59.3 Å². The molecule has 1 aromatic rings. The number of hydrogen-bond acceptors (Lipinski definition) is 5. The van der Waals surface area contributed by atoms with Crippen LogP contribution in [0.25, 0.3) is 0 Å². The van der Waals surface area contributed by atoms with Crippen molar-refractivity contribution in [2.24, 2.45) is 11.3 Å². The summed E-state index contributed by atoms with van der Waals surface area (Å²) >= 11 is 0. The average molecular weight is 465 g/mol. The predicted octanol–water partition coefficient (Wildman–Crippen LogP) is 3.36. The Hall–Kier alpha value is -3.04. The van der Waals surface area contributed by atoms with Crippen LogP contribution < -0.4 is 10.6 Å². The first-order valence-electron chi connectivity index (χ1n) is 10.9. The molecule has 33 heavy (non-hydrogen) atoms. The van der Waals surface area contributed by atoms with Crippen molar-refractivity contribution in [1.29, 1.82) is 0 Å². The molecule has 1 unspecified atom stereocenters. The van der Waals surface area contributed by atoms with E-state index in [0.717, 1.165) is 35.9 Å². The van der Waals surface area contributed by atoms with Crippen molar-refractivity contribution in [3.8, 4) is 0 Å². The Morgan fingerprint density at radius 1 is 1.21 bits per heavy atom. The van der Waals surface area contributed by atoms with E-state index in [4.69, 9.17) is 4.74 Å². The van der Waals surface area contributed by atoms with Gasteiger partial charge in [0, 0.05) is 0 Å². The maximum Gasteiger partial charge on any atom is 0.327 e. The van der Waals surface area contributed by atoms with Gasteiger partial charge in [-0.15, -0.1) is 0 Å². The molecule has 180 valence electrons. The lowest BCUT2D eigenvalue weighted by Crippen LogP contribution is -2.50. The van der Waals surface area contributed by atoms with Crippen LogP contribution in [0, 0.1) is 23.0 Å². The van der Waals surface area contributed by atoms with E-state index in [9.17, 15) is 28.0 Å². The molecule has 8 nitrogen and oxygen atoms in total. The largest absolute Gasteiger partial charge is 0.451 e. The van der Waals surface area contributed by atoms with Gasteiger partial charge in [-0.3, -0.25) is 19.3 Å². The molecule has 0 bridgehead atoms. The lowest BCUT2D eigenvalue weighted by Gasteiger charge is -2.40. The first kappa shape index (κ1) is 24.6. The SMILES string of the molecule is CC(OC(=O)CN1C(=O)NC2(CCC(C(C)(C)C)CC2)C1=O)C(=O)Nc1c(F)cccc1F. The molecule has 1 saturated heterocycles. The zero-order valence-corrected chi connectivity index (χ0v) is 19.2. The van der Waals surface area contributed by atoms with Crippen molar-refractivity contribution in [2.75, 3.05) is 11.9 Å². The minimum Gasteiger partial charge on any atom is -0.451 e. The van der Waals surface area contributed by atoms with Crippen LogP contribution in [0.2, 0.25) is 0 Å². The fourth-order valence-corrected chi connectivity index (χ4v) is 4.39. The highest BCUT2D eigenvalue weighted by Gasteiger charge is 2.53. The summed E-state index contributed by atoms with van der Waals surface area (Å²) in [6, 6.07) is 2.40. The summed E-state index contributed by atoms with van der Waals surface area (Å²) in [5, 5.41) is 4.77. The van der Waals surface area contributed by atoms with Gasteiger partial charge in [-0.05, 0) is 56.1 Å². The molecule has 1 spiro atoms. The highest BCUT2D eigenvalue weighted by atomic mass is 19.1. The van der Waals surface area contributed by atoms with Gasteiger partial charge in [0.15, 0.2) is 6.10 Å². The molecular formula is C23H29F2N3O5. The quantitative estimate of drug-likeness (QED) is 0.513. The zero-order chi connectivity index (χ0) is 24.6. The monoisotopic (exact) mass is 465 g/mol. The van der Waals surface area contributed by atoms with Crippen molar-refractivity contribution in [2.45, 2.75) is 65.0 Å². The first-order valence-corrected chi connectivity index (χ1v) is 10.9. The molecule has 4 amide bonds. The summed E-state index contributed by atoms with van der Waals surface area (Å²) in [6.45, 7) is 6.98. The molecule has 1 aliphatic carbocycles. The summed E-state index contributed by atoms with van der Waals surface area (Å²) in [4.78, 5) is 50.7. The predicted molar refractivity (Wildman–Crippen MR) is 115 cm³/mol. The number of carbonyl (C=O) groups excluding carboxylic acids is 4. The number of para-hydroxylation sites is 1. The van der Waals surface area contributed by atoms with Crippen LogP contribution in [0.4, 0.5) is 19.3 Å². The first-order chi connectivity index (χ1) is 15.3. The van der Waals surface area contributed by atoms with Gasteiger partial charge in [-0.1, -0.05) is 26.8 Å². The third kappa shape index (κ3) is 5.15. The number of imide groups is 1. The van der Waals surface area contributed by atoms with E-state index in [1.807, 2.05) is 5.32 Å². The maximum atomic E-state index is 13.7. The van der Waals surface area contributed by atoms with Crippen molar-refractivity contribution >= 4 is 29.5 Å². The summed E-state index contributed by atoms with van der Waals surface area (Å²) in [6.07, 6.45) is 1.11. The molecule has 1 aromatic carbocycles. The Morgan fingerprint density at radius 2 is 1.79 bits per heavy atom. The van der Waals surface area contributed by atoms with Crippen LogP contribution in [-0.4, -0.2) is 46.9 Å². The van der Waals surface area contributed by atoms with Gasteiger partial charge < -0.3 is 15.4 Å². The number of esters is 1. The molecule has 2 aliphatic rings. The molecule has 1 heterocycles. The van der Waals surface area contributed by atoms with Crippen molar-refractivity contribution in [1.82, 2.24) is 10.2 Å². The Morgan fingerprint density at radius 3 is 2.33 bits per heavy atom. The second-order valence-corrected chi connectivity index (χ2v) is 9.76. The standard InChI is InChI=1S/C23H29F2N3O5/c1-13(19(30)26-18-15(24)6-5-7-16(18)25)33-17(29)12-28-20(31)23(27-21(28)32)10-8-14(9-11-23)22(2,3)4/h5-7,13-14H,8-12H2,1-4H3,(H,26,30)(H,27,32). The number of hydrogen-bond donors (Lipinski definition) is 2. The van der Waals surface area contributed by atoms with E-state index >= 15 is 0 Å². The van der Waals surface area contributed by atoms with Crippen LogP contribution in [0.3, 0.4) is 0 Å². The van der Waals surface area contributed by atoms with Crippen molar-refractivity contribution < 1.29 is 32.7 Å². The molecule has 1 aliphatic heterocycles. The van der Waals surface area contributed by atoms with Crippen LogP contribution in [0.1, 0.15) is 53.4 Å². The van der Waals surface area contributed by atoms with Gasteiger partial charge in [-0.2, -0.15) is 0 Å². The van der Waals surface area contributed by atoms with Crippen LogP contribution in [0.15, 0.2) is 18.2 Å². The maximum absolute atomic E-state index is 13.7. The number of carbonyl (C=O) groups is 4. The molecule has 10 heteroatoms. The second-order valence-electron chi connectivity index (χ2n) is 9.76. The number of nitrogens with zero attached hydrogens (tertiary/aromatic N) is 1. The van der Waals surface area contributed by atoms with Crippen LogP contribution in [0.5, 0.6) is 0 Å². The molecular weight excluding hydrogens is 436 g/mol. The van der Waals surface area contributed by atoms with E-state index in [1.54, 1.807) is 0 Å². The summed E-state index contributed by atoms with van der Waals surface area (Å²) in [7, 11) is 0. The Kier molecular flexibility index (Phi) is 6.76. The number of nitrogens with one attached hydrogen (secondary N) is 2. The smallest absolute Gasteiger partial charge is 0.327 e. The van der Waals surface area contributed by atoms with Gasteiger partial charge in [0.05, 0.1) is 0 Å². The van der Waals surface area contributed by atoms with E-state index in [-0.39, 0.29) is 5.41 Å². The van der Waals surface area contributed by atoms with Gasteiger partial charge in [0.1, 0.15) is 29.4 Å². The Bertz CT molecular complexity index is 947. The van der Waals surface area contributed by atoms with E-state index in [1.165, 1.54) is 6.92 Å². The second kappa shape index (κ2) is 9.07. The zero-order valence-electron chi connectivity index (χ0n) is 19.2. The molecule has 3 rings (SSSR count). The number of amides is 4. The minimum atomic E-state index is -1.41. The van der Waals surface area contributed by atoms with E-state index in [0.29, 0.717) is 18.8 Å². The third-order valence-corrected chi connectivity index (χ3v) is 6.49. The Balaban J connectivity index is 1.57. The molecule has 2 fully saturated rings. The van der Waals surface area contributed by atoms with E-state index in [2.05, 4.69) is 26.1 Å². The van der Waals surface area contributed by atoms with Crippen LogP contribution >= 0.6 is 0 Å². The van der Waals surface area contributed by atoms with Crippen LogP contribution in [-0.2, 0) is 19.1 Å². The average Bonchev–Trinajstić information content (AvgIpc) is 2.94. The molecule has 1 atom stereocenters. The molecule has 1 saturated carbocycles. The molecule has 0 aromatic heterocycles. The normalized spacial score (nSPS) is 23.9. The highest BCUT2D eigenvalue weighted by Crippen LogP contribution is 2.43. The highest BCUT2D eigenvalue weighted by molar-refractivity contribution is 6.09. The number of urea groups is 1. The third-order valence-electron chi connectivity index (χ3n) is 6.49. The lowest BCUT2D eigenvalue weighted by atomic mass is 9.67. The summed E-state index contributed by atoms with van der Waals surface area (Å²) in [5.74, 6) is -3.97. The summed E-state index contributed by atoms with van der Waals surface area (Å²) in [5.41, 5.74) is -1.59. The number of anilines is 1. The number of halogens is 2. The number of rotatable bonds is 5. The van der Waals surface area contributed by atoms with Crippen molar-refractivity contribution in [3.05, 3.63) is 29.8 Å². The number of ether oxygens (including phenoxy) is 1. The minimum absolute atomic E-state index is 0.0963. The molecule has 2 N–H and O–H groups in total. The van der Waals surface area contributed by atoms with Crippen molar-refractivity contribution in [3.63, 3.8) is 0 Å². The van der Waals surface area contributed by atoms with Gasteiger partial charge in [0.2, 0.25) is 0 Å². The topological polar surface area (TPSA) is 105 Å². The lowest BCUT2D eigenvalue weighted by molar-refractivity contribution is -0.155. The fraction of sp³-hybridized carbons (Fsp3) is 0.565. The fourth-order valence-electron chi connectivity index (χ4n) is 4.39. The summed E-state index contributed by atoms with van der Waals surface area (Å²) < 4.78 is 32.4. The molecule has 0 radical (unpaired) electrons. The Labute approximate surface area is 191 Å². The van der Waals surface area contributed by atoms with Gasteiger partial charge in [-0.25, -0.2) is 13.6 Å². The van der Waals surface area contributed by atoms with Gasteiger partial charge >= 0.3 is 12.0 Å².